The quantitative estimate of drug-likeness (QED) is 0.764. The van der Waals surface area contributed by atoms with Crippen molar-refractivity contribution in [1.82, 2.24) is 10.2 Å². The monoisotopic (exact) mass is 292 g/mol. The summed E-state index contributed by atoms with van der Waals surface area (Å²) in [6, 6.07) is 0. The van der Waals surface area contributed by atoms with E-state index in [2.05, 4.69) is 32.8 Å². The van der Waals surface area contributed by atoms with Gasteiger partial charge in [0.2, 0.25) is 0 Å². The molecule has 0 unspecified atom stereocenters. The van der Waals surface area contributed by atoms with E-state index in [9.17, 15) is 4.79 Å². The number of hydrogen-bond acceptors (Lipinski definition) is 2. The number of aromatic nitrogens is 2. The van der Waals surface area contributed by atoms with Crippen LogP contribution in [0.25, 0.3) is 0 Å². The van der Waals surface area contributed by atoms with Crippen molar-refractivity contribution in [2.75, 3.05) is 0 Å². The highest BCUT2D eigenvalue weighted by Crippen LogP contribution is 2.26. The van der Waals surface area contributed by atoms with Gasteiger partial charge >= 0.3 is 5.97 Å². The zero-order valence-corrected chi connectivity index (χ0v) is 9.04. The first-order valence-corrected chi connectivity index (χ1v) is 5.20. The standard InChI is InChI=1S/C8H9IN2O2/c9-7-5-2-1-4(8(12)13)3-6(5)10-11-7/h4H,1-3H2,(H,10,11)(H,12,13)/t4-/m0/s1. The molecule has 13 heavy (non-hydrogen) atoms. The number of H-pyrrole nitrogens is 1. The molecule has 0 aliphatic heterocycles. The van der Waals surface area contributed by atoms with Crippen molar-refractivity contribution < 1.29 is 9.90 Å². The van der Waals surface area contributed by atoms with E-state index < -0.39 is 5.97 Å². The summed E-state index contributed by atoms with van der Waals surface area (Å²) in [4.78, 5) is 10.7. The van der Waals surface area contributed by atoms with Crippen molar-refractivity contribution in [1.29, 1.82) is 0 Å². The van der Waals surface area contributed by atoms with E-state index in [1.807, 2.05) is 0 Å². The Kier molecular flexibility index (Phi) is 2.27. The molecule has 0 radical (unpaired) electrons. The van der Waals surface area contributed by atoms with Crippen molar-refractivity contribution in [3.8, 4) is 0 Å². The van der Waals surface area contributed by atoms with Gasteiger partial charge in [-0.3, -0.25) is 9.89 Å². The predicted molar refractivity (Wildman–Crippen MR) is 54.5 cm³/mol. The van der Waals surface area contributed by atoms with E-state index >= 15 is 0 Å². The smallest absolute Gasteiger partial charge is 0.306 e. The first-order chi connectivity index (χ1) is 6.18. The number of carbonyl (C=O) groups is 1. The zero-order valence-electron chi connectivity index (χ0n) is 6.88. The molecule has 1 heterocycles. The molecule has 1 aromatic rings. The van der Waals surface area contributed by atoms with Crippen LogP contribution >= 0.6 is 22.6 Å². The average molecular weight is 292 g/mol. The highest BCUT2D eigenvalue weighted by atomic mass is 127. The number of fused-ring (bicyclic) bond motifs is 1. The van der Waals surface area contributed by atoms with Crippen molar-refractivity contribution in [3.63, 3.8) is 0 Å². The van der Waals surface area contributed by atoms with Gasteiger partial charge in [-0.15, -0.1) is 0 Å². The molecule has 0 bridgehead atoms. The lowest BCUT2D eigenvalue weighted by atomic mass is 9.88. The van der Waals surface area contributed by atoms with Crippen molar-refractivity contribution >= 4 is 28.6 Å². The second kappa shape index (κ2) is 3.28. The van der Waals surface area contributed by atoms with Crippen LogP contribution < -0.4 is 0 Å². The molecule has 0 fully saturated rings. The minimum Gasteiger partial charge on any atom is -0.481 e. The Labute approximate surface area is 88.9 Å². The molecular formula is C8H9IN2O2. The molecule has 1 aliphatic carbocycles. The minimum absolute atomic E-state index is 0.233. The van der Waals surface area contributed by atoms with Crippen LogP contribution in [0, 0.1) is 9.62 Å². The second-order valence-corrected chi connectivity index (χ2v) is 4.27. The van der Waals surface area contributed by atoms with Crippen molar-refractivity contribution in [3.05, 3.63) is 15.0 Å². The van der Waals surface area contributed by atoms with Gasteiger partial charge in [0.05, 0.1) is 5.92 Å². The molecule has 2 rings (SSSR count). The molecule has 1 aromatic heterocycles. The van der Waals surface area contributed by atoms with E-state index in [0.29, 0.717) is 6.42 Å². The molecule has 70 valence electrons. The molecule has 1 atom stereocenters. The predicted octanol–water partition coefficient (Wildman–Crippen LogP) is 1.20. The lowest BCUT2D eigenvalue weighted by molar-refractivity contribution is -0.142. The lowest BCUT2D eigenvalue weighted by Crippen LogP contribution is -2.22. The third-order valence-corrected chi connectivity index (χ3v) is 3.34. The summed E-state index contributed by atoms with van der Waals surface area (Å²) in [7, 11) is 0. The molecule has 1 aliphatic rings. The number of aromatic amines is 1. The number of nitrogens with zero attached hydrogens (tertiary/aromatic N) is 1. The number of halogens is 1. The van der Waals surface area contributed by atoms with Crippen LogP contribution in [0.1, 0.15) is 17.7 Å². The summed E-state index contributed by atoms with van der Waals surface area (Å²) >= 11 is 2.17. The first kappa shape index (κ1) is 8.98. The fraction of sp³-hybridized carbons (Fsp3) is 0.500. The molecular weight excluding hydrogens is 283 g/mol. The Hall–Kier alpha value is -0.590. The largest absolute Gasteiger partial charge is 0.481 e. The summed E-state index contributed by atoms with van der Waals surface area (Å²) in [5.41, 5.74) is 2.21. The van der Waals surface area contributed by atoms with Gasteiger partial charge in [-0.25, -0.2) is 0 Å². The van der Waals surface area contributed by atoms with Crippen LogP contribution in [0.4, 0.5) is 0 Å². The molecule has 0 spiro atoms. The van der Waals surface area contributed by atoms with Gasteiger partial charge in [-0.1, -0.05) is 0 Å². The molecule has 0 saturated carbocycles. The maximum atomic E-state index is 10.7. The maximum Gasteiger partial charge on any atom is 0.306 e. The molecule has 0 aromatic carbocycles. The Morgan fingerprint density at radius 3 is 3.15 bits per heavy atom. The highest BCUT2D eigenvalue weighted by molar-refractivity contribution is 14.1. The van der Waals surface area contributed by atoms with Crippen LogP contribution in [0.3, 0.4) is 0 Å². The van der Waals surface area contributed by atoms with E-state index in [-0.39, 0.29) is 5.92 Å². The Balaban J connectivity index is 2.25. The molecule has 0 amide bonds. The van der Waals surface area contributed by atoms with Gasteiger partial charge in [0.15, 0.2) is 0 Å². The SMILES string of the molecule is O=C(O)[C@H]1CCc2c(I)n[nH]c2C1. The van der Waals surface area contributed by atoms with E-state index in [4.69, 9.17) is 5.11 Å². The summed E-state index contributed by atoms with van der Waals surface area (Å²) in [5.74, 6) is -0.931. The molecule has 5 heteroatoms. The summed E-state index contributed by atoms with van der Waals surface area (Å²) in [6.07, 6.45) is 2.17. The van der Waals surface area contributed by atoms with Crippen LogP contribution in [0.15, 0.2) is 0 Å². The van der Waals surface area contributed by atoms with E-state index in [1.54, 1.807) is 0 Å². The van der Waals surface area contributed by atoms with Crippen LogP contribution in [-0.4, -0.2) is 21.3 Å². The van der Waals surface area contributed by atoms with Crippen LogP contribution in [0.5, 0.6) is 0 Å². The normalized spacial score (nSPS) is 21.2. The van der Waals surface area contributed by atoms with E-state index in [1.165, 1.54) is 5.56 Å². The van der Waals surface area contributed by atoms with Crippen molar-refractivity contribution in [2.24, 2.45) is 5.92 Å². The molecule has 0 saturated heterocycles. The molecule has 2 N–H and O–H groups in total. The fourth-order valence-corrected chi connectivity index (χ4v) is 2.39. The number of nitrogens with one attached hydrogen (secondary N) is 1. The highest BCUT2D eigenvalue weighted by Gasteiger charge is 2.26. The number of rotatable bonds is 1. The number of carboxylic acids is 1. The lowest BCUT2D eigenvalue weighted by Gasteiger charge is -2.17. The van der Waals surface area contributed by atoms with Gasteiger partial charge < -0.3 is 5.11 Å². The second-order valence-electron chi connectivity index (χ2n) is 3.25. The Morgan fingerprint density at radius 2 is 2.46 bits per heavy atom. The number of carboxylic acid groups (broad SMARTS) is 1. The van der Waals surface area contributed by atoms with Crippen LogP contribution in [-0.2, 0) is 17.6 Å². The van der Waals surface area contributed by atoms with Crippen LogP contribution in [0.2, 0.25) is 0 Å². The third kappa shape index (κ3) is 1.56. The zero-order chi connectivity index (χ0) is 9.42. The van der Waals surface area contributed by atoms with Crippen molar-refractivity contribution in [2.45, 2.75) is 19.3 Å². The van der Waals surface area contributed by atoms with Gasteiger partial charge in [-0.2, -0.15) is 5.10 Å². The van der Waals surface area contributed by atoms with Gasteiger partial charge in [0.25, 0.3) is 0 Å². The first-order valence-electron chi connectivity index (χ1n) is 4.13. The minimum atomic E-state index is -0.699. The average Bonchev–Trinajstić information content (AvgIpc) is 2.47. The maximum absolute atomic E-state index is 10.7. The number of aliphatic carboxylic acids is 1. The summed E-state index contributed by atoms with van der Waals surface area (Å²) in [5, 5.41) is 15.8. The Morgan fingerprint density at radius 1 is 1.69 bits per heavy atom. The van der Waals surface area contributed by atoms with Gasteiger partial charge in [0.1, 0.15) is 3.70 Å². The number of hydrogen-bond donors (Lipinski definition) is 2. The topological polar surface area (TPSA) is 66.0 Å². The van der Waals surface area contributed by atoms with E-state index in [0.717, 1.165) is 22.2 Å². The fourth-order valence-electron chi connectivity index (χ4n) is 1.68. The molecule has 4 nitrogen and oxygen atoms in total. The Bertz CT molecular complexity index is 348. The summed E-state index contributed by atoms with van der Waals surface area (Å²) < 4.78 is 0.983. The van der Waals surface area contributed by atoms with Gasteiger partial charge in [-0.05, 0) is 35.4 Å². The van der Waals surface area contributed by atoms with Gasteiger partial charge in [0, 0.05) is 17.7 Å². The summed E-state index contributed by atoms with van der Waals surface area (Å²) in [6.45, 7) is 0. The third-order valence-electron chi connectivity index (χ3n) is 2.44.